The van der Waals surface area contributed by atoms with Crippen LogP contribution in [0.3, 0.4) is 0 Å². The number of hydrogen-bond acceptors (Lipinski definition) is 5. The van der Waals surface area contributed by atoms with E-state index in [1.165, 1.54) is 17.3 Å². The summed E-state index contributed by atoms with van der Waals surface area (Å²) in [6, 6.07) is 10.5. The number of furan rings is 1. The van der Waals surface area contributed by atoms with E-state index in [1.807, 2.05) is 28.5 Å². The molecule has 6 nitrogen and oxygen atoms in total. The quantitative estimate of drug-likeness (QED) is 0.563. The molecule has 1 amide bonds. The summed E-state index contributed by atoms with van der Waals surface area (Å²) in [5.74, 6) is 2.15. The molecule has 0 atom stereocenters. The summed E-state index contributed by atoms with van der Waals surface area (Å²) in [4.78, 5) is 14.8. The average molecular weight is 397 g/mol. The van der Waals surface area contributed by atoms with Crippen molar-refractivity contribution in [2.24, 2.45) is 0 Å². The third-order valence-electron chi connectivity index (χ3n) is 4.88. The molecule has 1 saturated carbocycles. The van der Waals surface area contributed by atoms with Gasteiger partial charge in [0.05, 0.1) is 18.0 Å². The molecule has 1 aliphatic rings. The summed E-state index contributed by atoms with van der Waals surface area (Å²) in [7, 11) is 0. The first-order valence-corrected chi connectivity index (χ1v) is 10.4. The van der Waals surface area contributed by atoms with Crippen LogP contribution in [0, 0.1) is 20.8 Å². The highest BCUT2D eigenvalue weighted by Crippen LogP contribution is 2.30. The van der Waals surface area contributed by atoms with E-state index >= 15 is 0 Å². The number of thioether (sulfide) groups is 1. The van der Waals surface area contributed by atoms with Crippen molar-refractivity contribution >= 4 is 17.7 Å². The van der Waals surface area contributed by atoms with E-state index in [0.717, 1.165) is 40.8 Å². The lowest BCUT2D eigenvalue weighted by Crippen LogP contribution is -2.33. The van der Waals surface area contributed by atoms with Gasteiger partial charge < -0.3 is 9.32 Å². The van der Waals surface area contributed by atoms with Crippen molar-refractivity contribution in [2.75, 3.05) is 5.75 Å². The molecule has 1 aliphatic carbocycles. The van der Waals surface area contributed by atoms with Crippen molar-refractivity contribution in [2.45, 2.75) is 51.4 Å². The summed E-state index contributed by atoms with van der Waals surface area (Å²) in [6.07, 6.45) is 3.83. The first kappa shape index (κ1) is 18.8. The van der Waals surface area contributed by atoms with Gasteiger partial charge in [0.2, 0.25) is 5.91 Å². The molecule has 0 radical (unpaired) electrons. The molecule has 0 bridgehead atoms. The topological polar surface area (TPSA) is 64.2 Å². The second kappa shape index (κ2) is 7.83. The smallest absolute Gasteiger partial charge is 0.233 e. The Morgan fingerprint density at radius 3 is 2.75 bits per heavy atom. The number of nitrogens with zero attached hydrogens (tertiary/aromatic N) is 4. The summed E-state index contributed by atoms with van der Waals surface area (Å²) in [6.45, 7) is 6.59. The minimum Gasteiger partial charge on any atom is -0.464 e. The second-order valence-corrected chi connectivity index (χ2v) is 8.27. The second-order valence-electron chi connectivity index (χ2n) is 7.33. The molecule has 2 aromatic heterocycles. The predicted octanol–water partition coefficient (Wildman–Crippen LogP) is 4.07. The van der Waals surface area contributed by atoms with Crippen LogP contribution in [0.5, 0.6) is 0 Å². The van der Waals surface area contributed by atoms with Gasteiger partial charge >= 0.3 is 0 Å². The molecule has 1 fully saturated rings. The molecule has 0 saturated heterocycles. The van der Waals surface area contributed by atoms with Crippen LogP contribution in [-0.2, 0) is 11.3 Å². The Kier molecular flexibility index (Phi) is 5.26. The van der Waals surface area contributed by atoms with Crippen LogP contribution in [0.1, 0.15) is 35.5 Å². The van der Waals surface area contributed by atoms with Gasteiger partial charge in [-0.2, -0.15) is 0 Å². The highest BCUT2D eigenvalue weighted by molar-refractivity contribution is 7.99. The highest BCUT2D eigenvalue weighted by Gasteiger charge is 2.33. The third-order valence-corrected chi connectivity index (χ3v) is 5.81. The van der Waals surface area contributed by atoms with E-state index in [2.05, 4.69) is 42.2 Å². The molecule has 146 valence electrons. The van der Waals surface area contributed by atoms with Gasteiger partial charge in [-0.05, 0) is 57.4 Å². The fraction of sp³-hybridized carbons (Fsp3) is 0.381. The van der Waals surface area contributed by atoms with E-state index in [1.54, 1.807) is 6.33 Å². The van der Waals surface area contributed by atoms with E-state index < -0.39 is 0 Å². The van der Waals surface area contributed by atoms with Gasteiger partial charge in [-0.25, -0.2) is 0 Å². The Bertz CT molecular complexity index is 990. The SMILES string of the molecule is Cc1ccc(-n2cnnc2SCC(=O)N(Cc2ccc(C)o2)C2CC2)c(C)c1. The zero-order valence-electron chi connectivity index (χ0n) is 16.4. The van der Waals surface area contributed by atoms with Crippen molar-refractivity contribution in [3.05, 3.63) is 59.3 Å². The Balaban J connectivity index is 1.45. The Morgan fingerprint density at radius 1 is 1.25 bits per heavy atom. The Morgan fingerprint density at radius 2 is 2.07 bits per heavy atom. The normalized spacial score (nSPS) is 13.7. The van der Waals surface area contributed by atoms with Gasteiger partial charge in [-0.1, -0.05) is 29.5 Å². The lowest BCUT2D eigenvalue weighted by molar-refractivity contribution is -0.129. The number of benzene rings is 1. The van der Waals surface area contributed by atoms with Crippen molar-refractivity contribution < 1.29 is 9.21 Å². The summed E-state index contributed by atoms with van der Waals surface area (Å²) < 4.78 is 7.61. The number of rotatable bonds is 7. The van der Waals surface area contributed by atoms with Gasteiger partial charge in [-0.15, -0.1) is 10.2 Å². The number of aryl methyl sites for hydroxylation is 3. The first-order valence-electron chi connectivity index (χ1n) is 9.46. The Labute approximate surface area is 168 Å². The summed E-state index contributed by atoms with van der Waals surface area (Å²) in [5.41, 5.74) is 3.41. The molecule has 0 aliphatic heterocycles. The van der Waals surface area contributed by atoms with E-state index in [4.69, 9.17) is 4.42 Å². The van der Waals surface area contributed by atoms with E-state index in [0.29, 0.717) is 18.3 Å². The fourth-order valence-electron chi connectivity index (χ4n) is 3.32. The van der Waals surface area contributed by atoms with Crippen LogP contribution < -0.4 is 0 Å². The van der Waals surface area contributed by atoms with Crippen LogP contribution in [-0.4, -0.2) is 37.4 Å². The fourth-order valence-corrected chi connectivity index (χ4v) is 4.13. The van der Waals surface area contributed by atoms with Gasteiger partial charge in [0.1, 0.15) is 17.8 Å². The highest BCUT2D eigenvalue weighted by atomic mass is 32.2. The molecule has 3 aromatic rings. The minimum absolute atomic E-state index is 0.108. The number of hydrogen-bond donors (Lipinski definition) is 0. The van der Waals surface area contributed by atoms with E-state index in [-0.39, 0.29) is 5.91 Å². The molecule has 4 rings (SSSR count). The molecule has 1 aromatic carbocycles. The zero-order chi connectivity index (χ0) is 19.7. The maximum atomic E-state index is 12.9. The summed E-state index contributed by atoms with van der Waals surface area (Å²) in [5, 5.41) is 9.00. The van der Waals surface area contributed by atoms with Crippen LogP contribution in [0.2, 0.25) is 0 Å². The number of carbonyl (C=O) groups is 1. The molecule has 0 spiro atoms. The van der Waals surface area contributed by atoms with Crippen LogP contribution in [0.25, 0.3) is 5.69 Å². The molecular weight excluding hydrogens is 372 g/mol. The van der Waals surface area contributed by atoms with Gasteiger partial charge in [-0.3, -0.25) is 9.36 Å². The number of aromatic nitrogens is 3. The van der Waals surface area contributed by atoms with Gasteiger partial charge in [0, 0.05) is 6.04 Å². The maximum absolute atomic E-state index is 12.9. The van der Waals surface area contributed by atoms with Crippen LogP contribution in [0.15, 0.2) is 46.2 Å². The molecule has 0 unspecified atom stereocenters. The number of carbonyl (C=O) groups excluding carboxylic acids is 1. The van der Waals surface area contributed by atoms with Crippen molar-refractivity contribution in [1.29, 1.82) is 0 Å². The Hall–Kier alpha value is -2.54. The van der Waals surface area contributed by atoms with Crippen molar-refractivity contribution in [1.82, 2.24) is 19.7 Å². The molecule has 2 heterocycles. The standard InChI is InChI=1S/C21H24N4O2S/c1-14-4-9-19(15(2)10-14)25-13-22-23-21(25)28-12-20(26)24(17-6-7-17)11-18-8-5-16(3)27-18/h4-5,8-10,13,17H,6-7,11-12H2,1-3H3. The number of amides is 1. The van der Waals surface area contributed by atoms with Crippen molar-refractivity contribution in [3.63, 3.8) is 0 Å². The van der Waals surface area contributed by atoms with Crippen LogP contribution >= 0.6 is 11.8 Å². The summed E-state index contributed by atoms with van der Waals surface area (Å²) >= 11 is 1.43. The molecule has 28 heavy (non-hydrogen) atoms. The average Bonchev–Trinajstić information content (AvgIpc) is 3.25. The van der Waals surface area contributed by atoms with Gasteiger partial charge in [0.25, 0.3) is 0 Å². The molecule has 0 N–H and O–H groups in total. The minimum atomic E-state index is 0.108. The first-order chi connectivity index (χ1) is 13.5. The third kappa shape index (κ3) is 4.14. The van der Waals surface area contributed by atoms with Crippen molar-refractivity contribution in [3.8, 4) is 5.69 Å². The van der Waals surface area contributed by atoms with Crippen LogP contribution in [0.4, 0.5) is 0 Å². The van der Waals surface area contributed by atoms with E-state index in [9.17, 15) is 4.79 Å². The zero-order valence-corrected chi connectivity index (χ0v) is 17.2. The largest absolute Gasteiger partial charge is 0.464 e. The lowest BCUT2D eigenvalue weighted by atomic mass is 10.1. The van der Waals surface area contributed by atoms with Gasteiger partial charge in [0.15, 0.2) is 5.16 Å². The predicted molar refractivity (Wildman–Crippen MR) is 109 cm³/mol. The molecular formula is C21H24N4O2S. The molecule has 7 heteroatoms. The maximum Gasteiger partial charge on any atom is 0.233 e. The lowest BCUT2D eigenvalue weighted by Gasteiger charge is -2.21. The monoisotopic (exact) mass is 396 g/mol.